The van der Waals surface area contributed by atoms with Crippen molar-refractivity contribution in [3.05, 3.63) is 29.8 Å². The minimum absolute atomic E-state index is 0.0112. The minimum Gasteiger partial charge on any atom is -0.480 e. The number of likely N-dealkylation sites (N-methyl/N-ethyl adjacent to an activating group) is 1. The molecular formula is C36H60BN9O12. The number of carbonyl (C=O) groups is 7. The van der Waals surface area contributed by atoms with Crippen molar-refractivity contribution in [1.29, 1.82) is 0 Å². The highest BCUT2D eigenvalue weighted by molar-refractivity contribution is 6.43. The quantitative estimate of drug-likeness (QED) is 0.0222. The Morgan fingerprint density at radius 3 is 1.97 bits per heavy atom. The maximum atomic E-state index is 12.7. The summed E-state index contributed by atoms with van der Waals surface area (Å²) in [6.07, 6.45) is 3.27. The molecule has 0 aromatic heterocycles. The van der Waals surface area contributed by atoms with E-state index in [2.05, 4.69) is 26.8 Å². The maximum absolute atomic E-state index is 12.7. The molecule has 22 heteroatoms. The number of amides is 4. The molecule has 0 saturated carbocycles. The zero-order chi connectivity index (χ0) is 43.0. The van der Waals surface area contributed by atoms with E-state index in [4.69, 9.17) is 5.11 Å². The van der Waals surface area contributed by atoms with Gasteiger partial charge < -0.3 is 46.2 Å². The first-order valence-corrected chi connectivity index (χ1v) is 19.5. The van der Waals surface area contributed by atoms with Gasteiger partial charge in [-0.25, -0.2) is 0 Å². The highest BCUT2D eigenvalue weighted by Gasteiger charge is 2.38. The molecule has 1 aromatic rings. The van der Waals surface area contributed by atoms with E-state index in [9.17, 15) is 53.8 Å². The highest BCUT2D eigenvalue weighted by Crippen LogP contribution is 2.19. The fourth-order valence-electron chi connectivity index (χ4n) is 6.22. The number of carboxylic acid groups (broad SMARTS) is 3. The number of nitrogens with zero attached hydrogens (tertiary/aromatic N) is 4. The second kappa shape index (κ2) is 26.9. The normalized spacial score (nSPS) is 14.3. The first kappa shape index (κ1) is 49.3. The molecule has 1 saturated heterocycles. The first-order chi connectivity index (χ1) is 27.6. The number of carbonyl (C=O) groups excluding carboxylic acids is 4. The molecule has 0 bridgehead atoms. The molecule has 1 aliphatic heterocycles. The van der Waals surface area contributed by atoms with Crippen molar-refractivity contribution in [2.45, 2.75) is 64.4 Å². The van der Waals surface area contributed by atoms with Gasteiger partial charge in [0.2, 0.25) is 17.7 Å². The molecule has 1 aromatic carbocycles. The Morgan fingerprint density at radius 2 is 1.38 bits per heavy atom. The summed E-state index contributed by atoms with van der Waals surface area (Å²) in [7, 11) is -1.64. The predicted octanol–water partition coefficient (Wildman–Crippen LogP) is -2.30. The van der Waals surface area contributed by atoms with Crippen LogP contribution in [-0.4, -0.2) is 191 Å². The molecule has 10 N–H and O–H groups in total. The van der Waals surface area contributed by atoms with Gasteiger partial charge in [-0.1, -0.05) is 13.3 Å². The number of anilines is 1. The summed E-state index contributed by atoms with van der Waals surface area (Å²) in [5.74, 6) is -5.15. The molecule has 2 rings (SSSR count). The van der Waals surface area contributed by atoms with Crippen molar-refractivity contribution in [3.63, 3.8) is 0 Å². The van der Waals surface area contributed by atoms with Crippen molar-refractivity contribution in [1.82, 2.24) is 41.0 Å². The molecule has 1 heterocycles. The average molecular weight is 822 g/mol. The van der Waals surface area contributed by atoms with Crippen LogP contribution in [0.5, 0.6) is 0 Å². The summed E-state index contributed by atoms with van der Waals surface area (Å²) in [6.45, 7) is 5.67. The van der Waals surface area contributed by atoms with E-state index in [1.54, 1.807) is 26.8 Å². The molecular weight excluding hydrogens is 761 g/mol. The molecule has 21 nitrogen and oxygen atoms in total. The van der Waals surface area contributed by atoms with E-state index >= 15 is 0 Å². The topological polar surface area (TPSA) is 294 Å². The third-order valence-electron chi connectivity index (χ3n) is 9.42. The number of hydrogen-bond acceptors (Lipinski definition) is 14. The minimum atomic E-state index is -1.64. The molecule has 1 fully saturated rings. The number of nitrogens with one attached hydrogen (secondary N) is 5. The van der Waals surface area contributed by atoms with Crippen LogP contribution in [0.25, 0.3) is 0 Å². The standard InChI is InChI=1S/C36H60BN9O12/c1-3-43(23-32(49)50)18-19-45(25-34(53)54)21-20-44(24-33(51)52)17-15-38-22-31(48)39-14-6-4-5-9-30(47)42-41-28-12-10-27(11-13-28)35(55)40-26(2)36(56)46-16-7-8-29(46)37(57)58/h10-13,26,29,38,41,57-58H,3-9,14-25H2,1-2H3,(H,39,48)(H,40,55)(H,42,47)(H,49,50)(H,51,52)(H,53,54)/t26-,29+/m1/s1. The number of hydrogen-bond donors (Lipinski definition) is 10. The fraction of sp³-hybridized carbons (Fsp3) is 0.639. The van der Waals surface area contributed by atoms with Gasteiger partial charge in [-0.05, 0) is 63.4 Å². The smallest absolute Gasteiger partial charge is 0.475 e. The summed E-state index contributed by atoms with van der Waals surface area (Å²) in [5.41, 5.74) is 6.21. The molecule has 4 amide bonds. The number of unbranched alkanes of at least 4 members (excludes halogenated alkanes) is 2. The first-order valence-electron chi connectivity index (χ1n) is 19.5. The number of likely N-dealkylation sites (tertiary alicyclic amines) is 1. The van der Waals surface area contributed by atoms with E-state index in [1.807, 2.05) is 6.92 Å². The van der Waals surface area contributed by atoms with Crippen LogP contribution in [0.1, 0.15) is 62.7 Å². The number of benzene rings is 1. The van der Waals surface area contributed by atoms with Crippen molar-refractivity contribution >= 4 is 54.3 Å². The van der Waals surface area contributed by atoms with Crippen LogP contribution in [0.2, 0.25) is 0 Å². The number of rotatable bonds is 30. The lowest BCUT2D eigenvalue weighted by Gasteiger charge is -2.28. The van der Waals surface area contributed by atoms with Crippen LogP contribution in [-0.2, 0) is 28.8 Å². The van der Waals surface area contributed by atoms with Gasteiger partial charge in [0.1, 0.15) is 6.04 Å². The lowest BCUT2D eigenvalue weighted by atomic mass is 9.78. The van der Waals surface area contributed by atoms with Gasteiger partial charge in [0.15, 0.2) is 0 Å². The fourth-order valence-corrected chi connectivity index (χ4v) is 6.22. The molecule has 0 radical (unpaired) electrons. The lowest BCUT2D eigenvalue weighted by Crippen LogP contribution is -2.52. The molecule has 58 heavy (non-hydrogen) atoms. The maximum Gasteiger partial charge on any atom is 0.475 e. The number of carboxylic acids is 3. The van der Waals surface area contributed by atoms with E-state index < -0.39 is 48.8 Å². The van der Waals surface area contributed by atoms with E-state index in [-0.39, 0.29) is 57.5 Å². The Labute approximate surface area is 338 Å². The summed E-state index contributed by atoms with van der Waals surface area (Å²) >= 11 is 0. The summed E-state index contributed by atoms with van der Waals surface area (Å²) < 4.78 is 0. The van der Waals surface area contributed by atoms with E-state index in [1.165, 1.54) is 24.0 Å². The van der Waals surface area contributed by atoms with Gasteiger partial charge in [0.25, 0.3) is 5.91 Å². The van der Waals surface area contributed by atoms with Crippen LogP contribution in [0.3, 0.4) is 0 Å². The summed E-state index contributed by atoms with van der Waals surface area (Å²) in [5, 5.41) is 55.1. The van der Waals surface area contributed by atoms with Crippen molar-refractivity contribution < 1.29 is 58.9 Å². The monoisotopic (exact) mass is 821 g/mol. The molecule has 0 aliphatic carbocycles. The number of hydrazine groups is 1. The molecule has 324 valence electrons. The SMILES string of the molecule is CCN(CCN(CCN(CCNCC(=O)NCCCCCC(=O)NNc1ccc(C(=O)N[C@H](C)C(=O)N2CCC[C@H]2B(O)O)cc1)CC(=O)O)CC(=O)O)CC(=O)O. The molecule has 1 aliphatic rings. The molecule has 0 unspecified atom stereocenters. The van der Waals surface area contributed by atoms with Gasteiger partial charge >= 0.3 is 25.0 Å². The third-order valence-corrected chi connectivity index (χ3v) is 9.42. The molecule has 0 spiro atoms. The van der Waals surface area contributed by atoms with Gasteiger partial charge in [0, 0.05) is 64.3 Å². The Hall–Kier alpha value is -4.87. The zero-order valence-corrected chi connectivity index (χ0v) is 33.4. The largest absolute Gasteiger partial charge is 0.480 e. The van der Waals surface area contributed by atoms with Gasteiger partial charge in [-0.3, -0.25) is 59.1 Å². The van der Waals surface area contributed by atoms with Crippen molar-refractivity contribution in [2.75, 3.05) is 90.5 Å². The average Bonchev–Trinajstić information content (AvgIpc) is 3.67. The number of aliphatic carboxylic acids is 3. The van der Waals surface area contributed by atoms with E-state index in [0.29, 0.717) is 89.2 Å². The van der Waals surface area contributed by atoms with Crippen LogP contribution in [0.4, 0.5) is 5.69 Å². The van der Waals surface area contributed by atoms with Crippen LogP contribution < -0.4 is 26.8 Å². The predicted molar refractivity (Wildman–Crippen MR) is 212 cm³/mol. The third kappa shape index (κ3) is 20.0. The van der Waals surface area contributed by atoms with E-state index in [0.717, 1.165) is 0 Å². The Kier molecular flexibility index (Phi) is 22.9. The van der Waals surface area contributed by atoms with Crippen molar-refractivity contribution in [2.24, 2.45) is 0 Å². The van der Waals surface area contributed by atoms with Crippen molar-refractivity contribution in [3.8, 4) is 0 Å². The van der Waals surface area contributed by atoms with Crippen LogP contribution in [0, 0.1) is 0 Å². The van der Waals surface area contributed by atoms with Crippen LogP contribution >= 0.6 is 0 Å². The Morgan fingerprint density at radius 1 is 0.793 bits per heavy atom. The summed E-state index contributed by atoms with van der Waals surface area (Å²) in [4.78, 5) is 90.1. The highest BCUT2D eigenvalue weighted by atomic mass is 16.4. The molecule has 2 atom stereocenters. The second-order valence-corrected chi connectivity index (χ2v) is 14.0. The van der Waals surface area contributed by atoms with Gasteiger partial charge in [0.05, 0.1) is 37.8 Å². The van der Waals surface area contributed by atoms with Gasteiger partial charge in [-0.15, -0.1) is 0 Å². The lowest BCUT2D eigenvalue weighted by molar-refractivity contribution is -0.140. The Balaban J connectivity index is 1.60. The second-order valence-electron chi connectivity index (χ2n) is 14.0. The Bertz CT molecular complexity index is 1490. The van der Waals surface area contributed by atoms with Gasteiger partial charge in [-0.2, -0.15) is 0 Å². The van der Waals surface area contributed by atoms with Crippen LogP contribution in [0.15, 0.2) is 24.3 Å². The summed E-state index contributed by atoms with van der Waals surface area (Å²) in [6, 6.07) is 5.39. The zero-order valence-electron chi connectivity index (χ0n) is 33.4.